The van der Waals surface area contributed by atoms with Crippen molar-refractivity contribution in [3.05, 3.63) is 0 Å². The van der Waals surface area contributed by atoms with E-state index in [1.165, 1.54) is 32.1 Å². The summed E-state index contributed by atoms with van der Waals surface area (Å²) in [6.45, 7) is 6.17. The number of amides is 1. The molecule has 1 aliphatic heterocycles. The molecule has 2 atom stereocenters. The molecule has 0 spiro atoms. The SMILES string of the molecule is CC(NC(=O)C1(CN)CCOCC1)C(C)C1CCCCC1. The number of ether oxygens (including phenoxy) is 1. The number of carbonyl (C=O) groups is 1. The molecule has 4 heteroatoms. The maximum Gasteiger partial charge on any atom is 0.227 e. The van der Waals surface area contributed by atoms with E-state index >= 15 is 0 Å². The van der Waals surface area contributed by atoms with E-state index in [1.807, 2.05) is 0 Å². The molecule has 0 aromatic rings. The van der Waals surface area contributed by atoms with E-state index in [-0.39, 0.29) is 11.9 Å². The molecule has 1 amide bonds. The third-order valence-corrected chi connectivity index (χ3v) is 5.86. The normalized spacial score (nSPS) is 26.0. The highest BCUT2D eigenvalue weighted by Gasteiger charge is 2.40. The first-order valence-corrected chi connectivity index (χ1v) is 8.68. The summed E-state index contributed by atoms with van der Waals surface area (Å²) in [4.78, 5) is 12.7. The van der Waals surface area contributed by atoms with Crippen LogP contribution >= 0.6 is 0 Å². The number of nitrogens with two attached hydrogens (primary N) is 1. The van der Waals surface area contributed by atoms with Crippen molar-refractivity contribution < 1.29 is 9.53 Å². The Bertz CT molecular complexity index is 334. The van der Waals surface area contributed by atoms with Crippen LogP contribution in [-0.4, -0.2) is 31.7 Å². The second-order valence-corrected chi connectivity index (χ2v) is 7.12. The van der Waals surface area contributed by atoms with Crippen LogP contribution in [0.4, 0.5) is 0 Å². The zero-order valence-electron chi connectivity index (χ0n) is 13.7. The molecule has 1 heterocycles. The zero-order valence-corrected chi connectivity index (χ0v) is 13.7. The Morgan fingerprint density at radius 2 is 1.86 bits per heavy atom. The topological polar surface area (TPSA) is 64.4 Å². The first-order chi connectivity index (χ1) is 10.1. The minimum Gasteiger partial charge on any atom is -0.381 e. The molecule has 0 radical (unpaired) electrons. The molecule has 2 rings (SSSR count). The van der Waals surface area contributed by atoms with Gasteiger partial charge in [0.2, 0.25) is 5.91 Å². The van der Waals surface area contributed by atoms with Gasteiger partial charge in [0.05, 0.1) is 5.41 Å². The third-order valence-electron chi connectivity index (χ3n) is 5.86. The summed E-state index contributed by atoms with van der Waals surface area (Å²) in [5, 5.41) is 3.26. The molecule has 2 fully saturated rings. The van der Waals surface area contributed by atoms with Crippen LogP contribution in [-0.2, 0) is 9.53 Å². The standard InChI is InChI=1S/C17H32N2O2/c1-13(15-6-4-3-5-7-15)14(2)19-16(20)17(12-18)8-10-21-11-9-17/h13-15H,3-12,18H2,1-2H3,(H,19,20). The van der Waals surface area contributed by atoms with Crippen molar-refractivity contribution in [2.24, 2.45) is 23.0 Å². The Balaban J connectivity index is 1.90. The van der Waals surface area contributed by atoms with Gasteiger partial charge in [-0.2, -0.15) is 0 Å². The molecule has 0 bridgehead atoms. The van der Waals surface area contributed by atoms with E-state index in [9.17, 15) is 4.79 Å². The molecule has 3 N–H and O–H groups in total. The largest absolute Gasteiger partial charge is 0.381 e. The van der Waals surface area contributed by atoms with Crippen LogP contribution in [0.15, 0.2) is 0 Å². The number of rotatable bonds is 5. The van der Waals surface area contributed by atoms with Crippen molar-refractivity contribution in [1.29, 1.82) is 0 Å². The molecule has 0 aromatic heterocycles. The Hall–Kier alpha value is -0.610. The first kappa shape index (κ1) is 16.8. The van der Waals surface area contributed by atoms with Crippen LogP contribution in [0.1, 0.15) is 58.8 Å². The zero-order chi connectivity index (χ0) is 15.3. The number of hydrogen-bond donors (Lipinski definition) is 2. The predicted molar refractivity (Wildman–Crippen MR) is 84.9 cm³/mol. The van der Waals surface area contributed by atoms with Crippen molar-refractivity contribution >= 4 is 5.91 Å². The number of hydrogen-bond acceptors (Lipinski definition) is 3. The van der Waals surface area contributed by atoms with E-state index in [1.54, 1.807) is 0 Å². The smallest absolute Gasteiger partial charge is 0.227 e. The Kier molecular flexibility index (Phi) is 6.06. The van der Waals surface area contributed by atoms with Gasteiger partial charge in [-0.1, -0.05) is 39.0 Å². The fourth-order valence-electron chi connectivity index (χ4n) is 3.85. The van der Waals surface area contributed by atoms with Crippen LogP contribution in [0.25, 0.3) is 0 Å². The highest BCUT2D eigenvalue weighted by Crippen LogP contribution is 2.33. The highest BCUT2D eigenvalue weighted by molar-refractivity contribution is 5.83. The second kappa shape index (κ2) is 7.59. The van der Waals surface area contributed by atoms with Gasteiger partial charge in [0.25, 0.3) is 0 Å². The second-order valence-electron chi connectivity index (χ2n) is 7.12. The van der Waals surface area contributed by atoms with Gasteiger partial charge in [0, 0.05) is 25.8 Å². The summed E-state index contributed by atoms with van der Waals surface area (Å²) in [6.07, 6.45) is 8.20. The van der Waals surface area contributed by atoms with Gasteiger partial charge in [-0.05, 0) is 31.6 Å². The van der Waals surface area contributed by atoms with Gasteiger partial charge >= 0.3 is 0 Å². The lowest BCUT2D eigenvalue weighted by atomic mass is 9.76. The van der Waals surface area contributed by atoms with Gasteiger partial charge in [-0.15, -0.1) is 0 Å². The summed E-state index contributed by atoms with van der Waals surface area (Å²) in [5.41, 5.74) is 5.51. The minimum absolute atomic E-state index is 0.142. The van der Waals surface area contributed by atoms with Crippen LogP contribution in [0.5, 0.6) is 0 Å². The van der Waals surface area contributed by atoms with E-state index < -0.39 is 5.41 Å². The van der Waals surface area contributed by atoms with Gasteiger partial charge in [0.15, 0.2) is 0 Å². The Labute approximate surface area is 129 Å². The fraction of sp³-hybridized carbons (Fsp3) is 0.941. The molecular weight excluding hydrogens is 264 g/mol. The lowest BCUT2D eigenvalue weighted by molar-refractivity contribution is -0.137. The number of carbonyl (C=O) groups excluding carboxylic acids is 1. The molecule has 1 aliphatic carbocycles. The molecule has 1 saturated heterocycles. The molecule has 2 unspecified atom stereocenters. The van der Waals surface area contributed by atoms with Crippen LogP contribution in [0, 0.1) is 17.3 Å². The lowest BCUT2D eigenvalue weighted by Crippen LogP contribution is -2.53. The van der Waals surface area contributed by atoms with Crippen LogP contribution < -0.4 is 11.1 Å². The van der Waals surface area contributed by atoms with Crippen LogP contribution in [0.2, 0.25) is 0 Å². The minimum atomic E-state index is -0.404. The molecule has 0 aromatic carbocycles. The van der Waals surface area contributed by atoms with E-state index in [4.69, 9.17) is 10.5 Å². The summed E-state index contributed by atoms with van der Waals surface area (Å²) >= 11 is 0. The molecule has 21 heavy (non-hydrogen) atoms. The highest BCUT2D eigenvalue weighted by atomic mass is 16.5. The van der Waals surface area contributed by atoms with Gasteiger partial charge < -0.3 is 15.8 Å². The average Bonchev–Trinajstić information content (AvgIpc) is 2.55. The van der Waals surface area contributed by atoms with Crippen molar-refractivity contribution in [2.75, 3.05) is 19.8 Å². The van der Waals surface area contributed by atoms with E-state index in [0.29, 0.717) is 25.7 Å². The summed E-state index contributed by atoms with van der Waals surface area (Å²) in [6, 6.07) is 0.229. The monoisotopic (exact) mass is 296 g/mol. The van der Waals surface area contributed by atoms with Crippen molar-refractivity contribution in [2.45, 2.75) is 64.8 Å². The van der Waals surface area contributed by atoms with Crippen LogP contribution in [0.3, 0.4) is 0 Å². The maximum absolute atomic E-state index is 12.7. The first-order valence-electron chi connectivity index (χ1n) is 8.68. The molecule has 2 aliphatic rings. The summed E-state index contributed by atoms with van der Waals surface area (Å²) < 4.78 is 5.39. The van der Waals surface area contributed by atoms with E-state index in [2.05, 4.69) is 19.2 Å². The quantitative estimate of drug-likeness (QED) is 0.819. The Morgan fingerprint density at radius 3 is 2.43 bits per heavy atom. The summed E-state index contributed by atoms with van der Waals surface area (Å²) in [5.74, 6) is 1.45. The van der Waals surface area contributed by atoms with Crippen molar-refractivity contribution in [3.63, 3.8) is 0 Å². The molecule has 122 valence electrons. The van der Waals surface area contributed by atoms with Gasteiger partial charge in [0.1, 0.15) is 0 Å². The fourth-order valence-corrected chi connectivity index (χ4v) is 3.85. The predicted octanol–water partition coefficient (Wildman–Crippen LogP) is 2.46. The van der Waals surface area contributed by atoms with E-state index in [0.717, 1.165) is 18.8 Å². The number of nitrogens with one attached hydrogen (secondary N) is 1. The Morgan fingerprint density at radius 1 is 1.24 bits per heavy atom. The summed E-state index contributed by atoms with van der Waals surface area (Å²) in [7, 11) is 0. The molecular formula is C17H32N2O2. The van der Waals surface area contributed by atoms with Crippen molar-refractivity contribution in [3.8, 4) is 0 Å². The average molecular weight is 296 g/mol. The maximum atomic E-state index is 12.7. The van der Waals surface area contributed by atoms with Crippen molar-refractivity contribution in [1.82, 2.24) is 5.32 Å². The lowest BCUT2D eigenvalue weighted by Gasteiger charge is -2.38. The molecule has 1 saturated carbocycles. The van der Waals surface area contributed by atoms with Gasteiger partial charge in [-0.25, -0.2) is 0 Å². The third kappa shape index (κ3) is 3.98. The van der Waals surface area contributed by atoms with Gasteiger partial charge in [-0.3, -0.25) is 4.79 Å². The molecule has 4 nitrogen and oxygen atoms in total.